The van der Waals surface area contributed by atoms with Gasteiger partial charge in [-0.25, -0.2) is 0 Å². The largest absolute Gasteiger partial charge is 0.507 e. The summed E-state index contributed by atoms with van der Waals surface area (Å²) in [6, 6.07) is 14.7. The molecule has 1 aliphatic rings. The van der Waals surface area contributed by atoms with Gasteiger partial charge < -0.3 is 24.2 Å². The molecule has 4 rings (SSSR count). The first kappa shape index (κ1) is 24.6. The Morgan fingerprint density at radius 3 is 2.49 bits per heavy atom. The van der Waals surface area contributed by atoms with Gasteiger partial charge in [0.2, 0.25) is 0 Å². The van der Waals surface area contributed by atoms with Crippen LogP contribution >= 0.6 is 22.9 Å². The average Bonchev–Trinajstić information content (AvgIpc) is 3.48. The lowest BCUT2D eigenvalue weighted by atomic mass is 9.99. The van der Waals surface area contributed by atoms with Crippen molar-refractivity contribution in [3.63, 3.8) is 0 Å². The number of amides is 1. The molecule has 2 heterocycles. The highest BCUT2D eigenvalue weighted by molar-refractivity contribution is 7.10. The monoisotopic (exact) mass is 513 g/mol. The molecule has 9 heteroatoms. The normalized spacial score (nSPS) is 17.0. The van der Waals surface area contributed by atoms with Crippen LogP contribution in [-0.4, -0.2) is 48.6 Å². The van der Waals surface area contributed by atoms with Crippen LogP contribution in [0.5, 0.6) is 17.2 Å². The molecule has 182 valence electrons. The van der Waals surface area contributed by atoms with Gasteiger partial charge in [-0.2, -0.15) is 0 Å². The third-order valence-electron chi connectivity index (χ3n) is 5.52. The average molecular weight is 514 g/mol. The van der Waals surface area contributed by atoms with Crippen molar-refractivity contribution in [3.8, 4) is 17.2 Å². The summed E-state index contributed by atoms with van der Waals surface area (Å²) in [7, 11) is 1.58. The van der Waals surface area contributed by atoms with Crippen molar-refractivity contribution in [2.45, 2.75) is 13.0 Å². The molecule has 0 radical (unpaired) electrons. The van der Waals surface area contributed by atoms with Crippen LogP contribution in [0.3, 0.4) is 0 Å². The highest BCUT2D eigenvalue weighted by Crippen LogP contribution is 2.41. The minimum Gasteiger partial charge on any atom is -0.507 e. The molecular formula is C26H24ClNO6S. The molecule has 3 aromatic rings. The van der Waals surface area contributed by atoms with Crippen LogP contribution < -0.4 is 14.2 Å². The standard InChI is InChI=1S/C26H24ClNO6S/c1-3-33-20-15-16(6-11-19(20)27)24(29)22-23(21-5-4-14-35-21)28(26(31)25(22)30)12-13-34-18-9-7-17(32-2)8-10-18/h4-11,14-15,23,29H,3,12-13H2,1-2H3/b24-22-. The molecule has 7 nitrogen and oxygen atoms in total. The number of aliphatic hydroxyl groups is 1. The molecule has 35 heavy (non-hydrogen) atoms. The number of benzene rings is 2. The predicted molar refractivity (Wildman–Crippen MR) is 134 cm³/mol. The Balaban J connectivity index is 1.64. The molecule has 1 N–H and O–H groups in total. The number of Topliss-reactive ketones (excluding diaryl/α,β-unsaturated/α-hetero) is 1. The lowest BCUT2D eigenvalue weighted by molar-refractivity contribution is -0.140. The summed E-state index contributed by atoms with van der Waals surface area (Å²) in [6.45, 7) is 2.52. The summed E-state index contributed by atoms with van der Waals surface area (Å²) in [5.74, 6) is -0.0264. The summed E-state index contributed by atoms with van der Waals surface area (Å²) in [6.07, 6.45) is 0. The maximum Gasteiger partial charge on any atom is 0.295 e. The Morgan fingerprint density at radius 2 is 1.83 bits per heavy atom. The predicted octanol–water partition coefficient (Wildman–Crippen LogP) is 5.31. The number of likely N-dealkylation sites (tertiary alicyclic amines) is 1. The van der Waals surface area contributed by atoms with Crippen molar-refractivity contribution in [3.05, 3.63) is 81.0 Å². The second-order valence-corrected chi connectivity index (χ2v) is 9.00. The zero-order chi connectivity index (χ0) is 24.9. The zero-order valence-corrected chi connectivity index (χ0v) is 20.8. The van der Waals surface area contributed by atoms with Crippen LogP contribution in [-0.2, 0) is 9.59 Å². The van der Waals surface area contributed by atoms with Gasteiger partial charge in [0, 0.05) is 10.4 Å². The van der Waals surface area contributed by atoms with Gasteiger partial charge in [0.05, 0.1) is 36.9 Å². The summed E-state index contributed by atoms with van der Waals surface area (Å²) < 4.78 is 16.4. The van der Waals surface area contributed by atoms with Crippen molar-refractivity contribution in [1.82, 2.24) is 4.90 Å². The summed E-state index contributed by atoms with van der Waals surface area (Å²) in [5, 5.41) is 13.4. The molecular weight excluding hydrogens is 490 g/mol. The minimum absolute atomic E-state index is 0.0201. The first-order valence-corrected chi connectivity index (χ1v) is 12.2. The Kier molecular flexibility index (Phi) is 7.63. The van der Waals surface area contributed by atoms with E-state index in [1.54, 1.807) is 49.6 Å². The highest BCUT2D eigenvalue weighted by Gasteiger charge is 2.46. The van der Waals surface area contributed by atoms with Crippen molar-refractivity contribution in [2.75, 3.05) is 26.9 Å². The van der Waals surface area contributed by atoms with Crippen LogP contribution in [0.15, 0.2) is 65.6 Å². The van der Waals surface area contributed by atoms with Crippen LogP contribution in [0.1, 0.15) is 23.4 Å². The fourth-order valence-electron chi connectivity index (χ4n) is 3.86. The highest BCUT2D eigenvalue weighted by atomic mass is 35.5. The number of methoxy groups -OCH3 is 1. The van der Waals surface area contributed by atoms with Crippen molar-refractivity contribution < 1.29 is 28.9 Å². The molecule has 1 unspecified atom stereocenters. The number of ketones is 1. The lowest BCUT2D eigenvalue weighted by Crippen LogP contribution is -2.33. The number of hydrogen-bond donors (Lipinski definition) is 1. The number of hydrogen-bond acceptors (Lipinski definition) is 7. The lowest BCUT2D eigenvalue weighted by Gasteiger charge is -2.24. The van der Waals surface area contributed by atoms with Gasteiger partial charge in [-0.15, -0.1) is 11.3 Å². The van der Waals surface area contributed by atoms with Crippen molar-refractivity contribution in [2.24, 2.45) is 0 Å². The number of halogens is 1. The van der Waals surface area contributed by atoms with E-state index in [4.69, 9.17) is 25.8 Å². The number of nitrogens with zero attached hydrogens (tertiary/aromatic N) is 1. The van der Waals surface area contributed by atoms with Crippen LogP contribution in [0, 0.1) is 0 Å². The second kappa shape index (κ2) is 10.8. The van der Waals surface area contributed by atoms with E-state index < -0.39 is 17.7 Å². The third-order valence-corrected chi connectivity index (χ3v) is 6.75. The SMILES string of the molecule is CCOc1cc(/C(O)=C2/C(=O)C(=O)N(CCOc3ccc(OC)cc3)C2c2cccs2)ccc1Cl. The van der Waals surface area contributed by atoms with Gasteiger partial charge in [-0.05, 0) is 60.8 Å². The molecule has 1 fully saturated rings. The van der Waals surface area contributed by atoms with E-state index in [0.717, 1.165) is 4.88 Å². The molecule has 1 aliphatic heterocycles. The maximum absolute atomic E-state index is 13.1. The van der Waals surface area contributed by atoms with E-state index in [1.807, 2.05) is 24.4 Å². The molecule has 1 saturated heterocycles. The van der Waals surface area contributed by atoms with E-state index in [-0.39, 0.29) is 24.5 Å². The molecule has 1 amide bonds. The molecule has 2 aromatic carbocycles. The van der Waals surface area contributed by atoms with Gasteiger partial charge >= 0.3 is 0 Å². The number of ether oxygens (including phenoxy) is 3. The number of aliphatic hydroxyl groups excluding tert-OH is 1. The first-order valence-electron chi connectivity index (χ1n) is 11.0. The van der Waals surface area contributed by atoms with Crippen LogP contribution in [0.2, 0.25) is 5.02 Å². The maximum atomic E-state index is 13.1. The molecule has 0 saturated carbocycles. The molecule has 0 aliphatic carbocycles. The third kappa shape index (κ3) is 5.13. The van der Waals surface area contributed by atoms with E-state index in [0.29, 0.717) is 34.4 Å². The van der Waals surface area contributed by atoms with Gasteiger partial charge in [0.15, 0.2) is 0 Å². The Bertz CT molecular complexity index is 1240. The zero-order valence-electron chi connectivity index (χ0n) is 19.2. The number of rotatable bonds is 9. The number of carbonyl (C=O) groups is 2. The smallest absolute Gasteiger partial charge is 0.295 e. The van der Waals surface area contributed by atoms with E-state index in [1.165, 1.54) is 16.2 Å². The summed E-state index contributed by atoms with van der Waals surface area (Å²) in [4.78, 5) is 28.3. The molecule has 0 spiro atoms. The molecule has 1 atom stereocenters. The van der Waals surface area contributed by atoms with E-state index in [9.17, 15) is 14.7 Å². The van der Waals surface area contributed by atoms with Gasteiger partial charge in [-0.1, -0.05) is 17.7 Å². The Labute approximate surface area is 212 Å². The van der Waals surface area contributed by atoms with Crippen LogP contribution in [0.4, 0.5) is 0 Å². The summed E-state index contributed by atoms with van der Waals surface area (Å²) in [5.41, 5.74) is 0.360. The van der Waals surface area contributed by atoms with Crippen molar-refractivity contribution in [1.29, 1.82) is 0 Å². The molecule has 1 aromatic heterocycles. The number of carbonyl (C=O) groups excluding carboxylic acids is 2. The van der Waals surface area contributed by atoms with Gasteiger partial charge in [0.25, 0.3) is 11.7 Å². The van der Waals surface area contributed by atoms with Gasteiger partial charge in [0.1, 0.15) is 29.6 Å². The Morgan fingerprint density at radius 1 is 1.09 bits per heavy atom. The topological polar surface area (TPSA) is 85.3 Å². The van der Waals surface area contributed by atoms with Crippen molar-refractivity contribution >= 4 is 40.4 Å². The van der Waals surface area contributed by atoms with E-state index in [2.05, 4.69) is 0 Å². The first-order chi connectivity index (χ1) is 16.9. The van der Waals surface area contributed by atoms with Crippen LogP contribution in [0.25, 0.3) is 5.76 Å². The fourth-order valence-corrected chi connectivity index (χ4v) is 4.88. The minimum atomic E-state index is -0.752. The van der Waals surface area contributed by atoms with E-state index >= 15 is 0 Å². The van der Waals surface area contributed by atoms with Gasteiger partial charge in [-0.3, -0.25) is 9.59 Å². The molecule has 0 bridgehead atoms. The number of thiophene rings is 1. The summed E-state index contributed by atoms with van der Waals surface area (Å²) >= 11 is 7.58. The quantitative estimate of drug-likeness (QED) is 0.237. The fraction of sp³-hybridized carbons (Fsp3) is 0.231. The Hall–Kier alpha value is -3.49. The second-order valence-electron chi connectivity index (χ2n) is 7.61.